The Morgan fingerprint density at radius 2 is 1.90 bits per heavy atom. The van der Waals surface area contributed by atoms with Gasteiger partial charge in [-0.3, -0.25) is 0 Å². The molecule has 2 aromatic carbocycles. The average Bonchev–Trinajstić information content (AvgIpc) is 2.54. The van der Waals surface area contributed by atoms with Crippen molar-refractivity contribution in [2.75, 3.05) is 5.32 Å². The second-order valence-electron chi connectivity index (χ2n) is 5.69. The fourth-order valence-electron chi connectivity index (χ4n) is 2.42. The summed E-state index contributed by atoms with van der Waals surface area (Å²) in [5.41, 5.74) is 3.36. The quantitative estimate of drug-likeness (QED) is 0.861. The zero-order valence-corrected chi connectivity index (χ0v) is 12.6. The van der Waals surface area contributed by atoms with Gasteiger partial charge in [0.25, 0.3) is 0 Å². The van der Waals surface area contributed by atoms with Crippen LogP contribution >= 0.6 is 0 Å². The standard InChI is InChI=1S/C19H21NO/c1-3-19(2)12-11-16-13-17(9-10-18(16)21-19)20-14-15-7-5-4-6-8-15/h4-13,20H,3,14H2,1-2H3. The molecule has 1 atom stereocenters. The molecule has 1 unspecified atom stereocenters. The highest BCUT2D eigenvalue weighted by Gasteiger charge is 2.25. The van der Waals surface area contributed by atoms with Crippen LogP contribution in [-0.4, -0.2) is 5.60 Å². The number of hydrogen-bond acceptors (Lipinski definition) is 2. The molecule has 108 valence electrons. The van der Waals surface area contributed by atoms with Crippen LogP contribution in [0.4, 0.5) is 5.69 Å². The Kier molecular flexibility index (Phi) is 3.70. The Hall–Kier alpha value is -2.22. The van der Waals surface area contributed by atoms with E-state index in [1.807, 2.05) is 6.07 Å². The van der Waals surface area contributed by atoms with Gasteiger partial charge < -0.3 is 10.1 Å². The summed E-state index contributed by atoms with van der Waals surface area (Å²) in [6, 6.07) is 16.7. The third-order valence-electron chi connectivity index (χ3n) is 4.01. The SMILES string of the molecule is CCC1(C)C=Cc2cc(NCc3ccccc3)ccc2O1. The second-order valence-corrected chi connectivity index (χ2v) is 5.69. The van der Waals surface area contributed by atoms with Crippen LogP contribution in [0.3, 0.4) is 0 Å². The zero-order valence-electron chi connectivity index (χ0n) is 12.6. The molecular weight excluding hydrogens is 258 g/mol. The minimum absolute atomic E-state index is 0.175. The van der Waals surface area contributed by atoms with E-state index in [0.29, 0.717) is 0 Å². The van der Waals surface area contributed by atoms with Gasteiger partial charge in [-0.25, -0.2) is 0 Å². The lowest BCUT2D eigenvalue weighted by Gasteiger charge is -2.30. The molecule has 1 aliphatic rings. The van der Waals surface area contributed by atoms with Crippen LogP contribution in [0.1, 0.15) is 31.4 Å². The number of anilines is 1. The van der Waals surface area contributed by atoms with Gasteiger partial charge in [0.05, 0.1) is 0 Å². The number of ether oxygens (including phenoxy) is 1. The van der Waals surface area contributed by atoms with Crippen molar-refractivity contribution < 1.29 is 4.74 Å². The molecule has 2 heteroatoms. The molecule has 0 bridgehead atoms. The van der Waals surface area contributed by atoms with Crippen molar-refractivity contribution in [3.05, 3.63) is 65.7 Å². The van der Waals surface area contributed by atoms with Gasteiger partial charge in [0, 0.05) is 17.8 Å². The lowest BCUT2D eigenvalue weighted by molar-refractivity contribution is 0.133. The maximum atomic E-state index is 6.07. The fraction of sp³-hybridized carbons (Fsp3) is 0.263. The van der Waals surface area contributed by atoms with Gasteiger partial charge in [0.1, 0.15) is 11.4 Å². The third kappa shape index (κ3) is 3.10. The third-order valence-corrected chi connectivity index (χ3v) is 4.01. The van der Waals surface area contributed by atoms with Crippen molar-refractivity contribution in [3.8, 4) is 5.75 Å². The summed E-state index contributed by atoms with van der Waals surface area (Å²) >= 11 is 0. The highest BCUT2D eigenvalue weighted by Crippen LogP contribution is 2.34. The van der Waals surface area contributed by atoms with E-state index in [2.05, 4.69) is 73.8 Å². The molecule has 21 heavy (non-hydrogen) atoms. The van der Waals surface area contributed by atoms with Gasteiger partial charge >= 0.3 is 0 Å². The molecule has 0 radical (unpaired) electrons. The highest BCUT2D eigenvalue weighted by atomic mass is 16.5. The van der Waals surface area contributed by atoms with E-state index in [1.165, 1.54) is 5.56 Å². The van der Waals surface area contributed by atoms with Crippen LogP contribution < -0.4 is 10.1 Å². The van der Waals surface area contributed by atoms with Crippen LogP contribution in [0, 0.1) is 0 Å². The lowest BCUT2D eigenvalue weighted by Crippen LogP contribution is -2.30. The average molecular weight is 279 g/mol. The monoisotopic (exact) mass is 279 g/mol. The maximum absolute atomic E-state index is 6.07. The van der Waals surface area contributed by atoms with Crippen LogP contribution in [-0.2, 0) is 6.54 Å². The Bertz CT molecular complexity index is 648. The Morgan fingerprint density at radius 3 is 2.67 bits per heavy atom. The first-order valence-corrected chi connectivity index (χ1v) is 7.49. The predicted octanol–water partition coefficient (Wildman–Crippen LogP) is 4.87. The summed E-state index contributed by atoms with van der Waals surface area (Å²) in [6.45, 7) is 5.09. The van der Waals surface area contributed by atoms with Crippen LogP contribution in [0.25, 0.3) is 6.08 Å². The van der Waals surface area contributed by atoms with E-state index in [1.54, 1.807) is 0 Å². The molecule has 1 heterocycles. The van der Waals surface area contributed by atoms with Crippen LogP contribution in [0.5, 0.6) is 5.75 Å². The number of benzene rings is 2. The van der Waals surface area contributed by atoms with Crippen molar-refractivity contribution >= 4 is 11.8 Å². The zero-order chi connectivity index (χ0) is 14.7. The maximum Gasteiger partial charge on any atom is 0.127 e. The van der Waals surface area contributed by atoms with Gasteiger partial charge in [0.15, 0.2) is 0 Å². The number of rotatable bonds is 4. The molecule has 1 N–H and O–H groups in total. The fourth-order valence-corrected chi connectivity index (χ4v) is 2.42. The Balaban J connectivity index is 1.73. The number of hydrogen-bond donors (Lipinski definition) is 1. The van der Waals surface area contributed by atoms with E-state index < -0.39 is 0 Å². The van der Waals surface area contributed by atoms with Gasteiger partial charge in [-0.05, 0) is 43.2 Å². The largest absolute Gasteiger partial charge is 0.483 e. The van der Waals surface area contributed by atoms with E-state index in [-0.39, 0.29) is 5.60 Å². The molecule has 2 nitrogen and oxygen atoms in total. The van der Waals surface area contributed by atoms with Gasteiger partial charge in [-0.2, -0.15) is 0 Å². The van der Waals surface area contributed by atoms with Crippen molar-refractivity contribution in [1.29, 1.82) is 0 Å². The molecule has 0 spiro atoms. The molecule has 0 saturated heterocycles. The van der Waals surface area contributed by atoms with Crippen LogP contribution in [0.2, 0.25) is 0 Å². The molecule has 0 aliphatic carbocycles. The summed E-state index contributed by atoms with van der Waals surface area (Å²) in [5, 5.41) is 3.46. The smallest absolute Gasteiger partial charge is 0.127 e. The molecular formula is C19H21NO. The van der Waals surface area contributed by atoms with Crippen molar-refractivity contribution in [2.24, 2.45) is 0 Å². The summed E-state index contributed by atoms with van der Waals surface area (Å²) in [5.74, 6) is 0.965. The molecule has 0 aromatic heterocycles. The lowest BCUT2D eigenvalue weighted by atomic mass is 9.97. The molecule has 2 aromatic rings. The topological polar surface area (TPSA) is 21.3 Å². The minimum atomic E-state index is -0.175. The first kappa shape index (κ1) is 13.7. The predicted molar refractivity (Wildman–Crippen MR) is 88.6 cm³/mol. The Labute approximate surface area is 126 Å². The summed E-state index contributed by atoms with van der Waals surface area (Å²) in [7, 11) is 0. The van der Waals surface area contributed by atoms with Gasteiger partial charge in [-0.1, -0.05) is 43.3 Å². The number of fused-ring (bicyclic) bond motifs is 1. The summed E-state index contributed by atoms with van der Waals surface area (Å²) in [6.07, 6.45) is 5.28. The molecule has 0 saturated carbocycles. The highest BCUT2D eigenvalue weighted by molar-refractivity contribution is 5.66. The van der Waals surface area contributed by atoms with Crippen molar-refractivity contribution in [1.82, 2.24) is 0 Å². The van der Waals surface area contributed by atoms with E-state index in [0.717, 1.165) is 30.0 Å². The summed E-state index contributed by atoms with van der Waals surface area (Å²) in [4.78, 5) is 0. The molecule has 1 aliphatic heterocycles. The van der Waals surface area contributed by atoms with Gasteiger partial charge in [0.2, 0.25) is 0 Å². The van der Waals surface area contributed by atoms with E-state index in [9.17, 15) is 0 Å². The number of nitrogens with one attached hydrogen (secondary N) is 1. The molecule has 0 fully saturated rings. The van der Waals surface area contributed by atoms with Gasteiger partial charge in [-0.15, -0.1) is 0 Å². The minimum Gasteiger partial charge on any atom is -0.483 e. The van der Waals surface area contributed by atoms with E-state index in [4.69, 9.17) is 4.74 Å². The molecule has 3 rings (SSSR count). The normalized spacial score (nSPS) is 19.7. The van der Waals surface area contributed by atoms with Crippen molar-refractivity contribution in [2.45, 2.75) is 32.4 Å². The second kappa shape index (κ2) is 5.65. The van der Waals surface area contributed by atoms with E-state index >= 15 is 0 Å². The van der Waals surface area contributed by atoms with Crippen LogP contribution in [0.15, 0.2) is 54.6 Å². The first-order chi connectivity index (χ1) is 10.2. The molecule has 0 amide bonds. The summed E-state index contributed by atoms with van der Waals surface area (Å²) < 4.78 is 6.07. The van der Waals surface area contributed by atoms with Crippen molar-refractivity contribution in [3.63, 3.8) is 0 Å². The first-order valence-electron chi connectivity index (χ1n) is 7.49. The Morgan fingerprint density at radius 1 is 1.10 bits per heavy atom.